The van der Waals surface area contributed by atoms with Crippen molar-refractivity contribution in [3.63, 3.8) is 0 Å². The minimum absolute atomic E-state index is 0.0951. The van der Waals surface area contributed by atoms with Gasteiger partial charge in [-0.1, -0.05) is 6.92 Å². The summed E-state index contributed by atoms with van der Waals surface area (Å²) in [4.78, 5) is 11.4. The van der Waals surface area contributed by atoms with Crippen molar-refractivity contribution in [2.24, 2.45) is 0 Å². The fourth-order valence-corrected chi connectivity index (χ4v) is 1.52. The Morgan fingerprint density at radius 1 is 1.31 bits per heavy atom. The minimum atomic E-state index is -4.18. The van der Waals surface area contributed by atoms with Gasteiger partial charge < -0.3 is 10.1 Å². The lowest BCUT2D eigenvalue weighted by molar-refractivity contribution is -0.150. The highest BCUT2D eigenvalue weighted by molar-refractivity contribution is 5.80. The Balaban J connectivity index is 4.28. The molecular formula is C10H18F3NO2. The summed E-state index contributed by atoms with van der Waals surface area (Å²) < 4.78 is 40.5. The summed E-state index contributed by atoms with van der Waals surface area (Å²) in [7, 11) is 1.22. The van der Waals surface area contributed by atoms with Gasteiger partial charge in [0.1, 0.15) is 5.54 Å². The SMILES string of the molecule is CCNC(C)(CCCC(F)(F)F)C(=O)OC. The van der Waals surface area contributed by atoms with Crippen molar-refractivity contribution < 1.29 is 22.7 Å². The Bertz CT molecular complexity index is 231. The molecule has 0 saturated heterocycles. The van der Waals surface area contributed by atoms with Crippen LogP contribution >= 0.6 is 0 Å². The monoisotopic (exact) mass is 241 g/mol. The molecule has 0 saturated carbocycles. The van der Waals surface area contributed by atoms with Crippen LogP contribution in [0.25, 0.3) is 0 Å². The second kappa shape index (κ2) is 6.08. The molecule has 0 spiro atoms. The highest BCUT2D eigenvalue weighted by Gasteiger charge is 2.35. The molecule has 0 aromatic heterocycles. The van der Waals surface area contributed by atoms with Gasteiger partial charge in [-0.2, -0.15) is 13.2 Å². The zero-order valence-electron chi connectivity index (χ0n) is 9.78. The van der Waals surface area contributed by atoms with Crippen LogP contribution in [0.4, 0.5) is 13.2 Å². The molecule has 0 fully saturated rings. The normalized spacial score (nSPS) is 15.6. The maximum atomic E-state index is 12.0. The first kappa shape index (κ1) is 15.2. The molecule has 16 heavy (non-hydrogen) atoms. The van der Waals surface area contributed by atoms with Crippen LogP contribution in [0.1, 0.15) is 33.1 Å². The molecule has 96 valence electrons. The first-order valence-corrected chi connectivity index (χ1v) is 5.15. The van der Waals surface area contributed by atoms with E-state index in [1.807, 2.05) is 0 Å². The van der Waals surface area contributed by atoms with Crippen molar-refractivity contribution in [3.05, 3.63) is 0 Å². The Labute approximate surface area is 93.3 Å². The zero-order chi connectivity index (χ0) is 12.8. The standard InChI is InChI=1S/C10H18F3NO2/c1-4-14-9(2,8(15)16-3)6-5-7-10(11,12)13/h14H,4-7H2,1-3H3. The molecular weight excluding hydrogens is 223 g/mol. The minimum Gasteiger partial charge on any atom is -0.468 e. The van der Waals surface area contributed by atoms with E-state index in [2.05, 4.69) is 10.1 Å². The number of halogens is 3. The molecule has 0 heterocycles. The molecule has 0 aromatic carbocycles. The fraction of sp³-hybridized carbons (Fsp3) is 0.900. The third-order valence-electron chi connectivity index (χ3n) is 2.34. The molecule has 0 aliphatic carbocycles. The Morgan fingerprint density at radius 3 is 2.25 bits per heavy atom. The Morgan fingerprint density at radius 2 is 1.88 bits per heavy atom. The third kappa shape index (κ3) is 5.34. The van der Waals surface area contributed by atoms with E-state index in [0.29, 0.717) is 6.54 Å². The van der Waals surface area contributed by atoms with Gasteiger partial charge >= 0.3 is 12.1 Å². The second-order valence-electron chi connectivity index (χ2n) is 3.82. The topological polar surface area (TPSA) is 38.3 Å². The van der Waals surface area contributed by atoms with Crippen molar-refractivity contribution in [2.45, 2.75) is 44.8 Å². The lowest BCUT2D eigenvalue weighted by atomic mass is 9.94. The van der Waals surface area contributed by atoms with Crippen LogP contribution in [0.5, 0.6) is 0 Å². The predicted octanol–water partition coefficient (Wildman–Crippen LogP) is 2.26. The number of carbonyl (C=O) groups is 1. The molecule has 1 atom stereocenters. The number of methoxy groups -OCH3 is 1. The molecule has 1 N–H and O–H groups in total. The van der Waals surface area contributed by atoms with Gasteiger partial charge in [0, 0.05) is 6.42 Å². The molecule has 0 rings (SSSR count). The predicted molar refractivity (Wildman–Crippen MR) is 54.0 cm³/mol. The summed E-state index contributed by atoms with van der Waals surface area (Å²) in [6.07, 6.45) is -5.05. The highest BCUT2D eigenvalue weighted by Crippen LogP contribution is 2.25. The van der Waals surface area contributed by atoms with Gasteiger partial charge in [0.05, 0.1) is 7.11 Å². The largest absolute Gasteiger partial charge is 0.468 e. The number of esters is 1. The highest BCUT2D eigenvalue weighted by atomic mass is 19.4. The van der Waals surface area contributed by atoms with E-state index in [0.717, 1.165) is 0 Å². The molecule has 0 aliphatic heterocycles. The van der Waals surface area contributed by atoms with Crippen LogP contribution in [-0.4, -0.2) is 31.3 Å². The van der Waals surface area contributed by atoms with Crippen LogP contribution in [-0.2, 0) is 9.53 Å². The molecule has 3 nitrogen and oxygen atoms in total. The Hall–Kier alpha value is -0.780. The van der Waals surface area contributed by atoms with Crippen molar-refractivity contribution >= 4 is 5.97 Å². The van der Waals surface area contributed by atoms with Gasteiger partial charge in [-0.15, -0.1) is 0 Å². The number of hydrogen-bond donors (Lipinski definition) is 1. The summed E-state index contributed by atoms with van der Waals surface area (Å²) in [6.45, 7) is 3.83. The molecule has 0 aromatic rings. The average molecular weight is 241 g/mol. The van der Waals surface area contributed by atoms with Gasteiger partial charge in [0.15, 0.2) is 0 Å². The fourth-order valence-electron chi connectivity index (χ4n) is 1.52. The van der Waals surface area contributed by atoms with Gasteiger partial charge in [-0.05, 0) is 26.3 Å². The van der Waals surface area contributed by atoms with Crippen LogP contribution in [0, 0.1) is 0 Å². The first-order chi connectivity index (χ1) is 7.25. The van der Waals surface area contributed by atoms with Crippen molar-refractivity contribution in [2.75, 3.05) is 13.7 Å². The van der Waals surface area contributed by atoms with Crippen LogP contribution in [0.3, 0.4) is 0 Å². The van der Waals surface area contributed by atoms with E-state index in [1.165, 1.54) is 7.11 Å². The van der Waals surface area contributed by atoms with Crippen LogP contribution in [0.2, 0.25) is 0 Å². The first-order valence-electron chi connectivity index (χ1n) is 5.15. The van der Waals surface area contributed by atoms with Gasteiger partial charge in [0.2, 0.25) is 0 Å². The third-order valence-corrected chi connectivity index (χ3v) is 2.34. The van der Waals surface area contributed by atoms with Crippen molar-refractivity contribution in [3.8, 4) is 0 Å². The number of rotatable bonds is 6. The summed E-state index contributed by atoms with van der Waals surface area (Å²) in [5.41, 5.74) is -1.03. The molecule has 6 heteroatoms. The van der Waals surface area contributed by atoms with E-state index in [4.69, 9.17) is 0 Å². The van der Waals surface area contributed by atoms with Crippen LogP contribution in [0.15, 0.2) is 0 Å². The summed E-state index contributed by atoms with van der Waals surface area (Å²) >= 11 is 0. The number of likely N-dealkylation sites (N-methyl/N-ethyl adjacent to an activating group) is 1. The maximum Gasteiger partial charge on any atom is 0.389 e. The van der Waals surface area contributed by atoms with Gasteiger partial charge in [-0.25, -0.2) is 0 Å². The van der Waals surface area contributed by atoms with E-state index < -0.39 is 24.1 Å². The summed E-state index contributed by atoms with van der Waals surface area (Å²) in [5.74, 6) is -0.531. The van der Waals surface area contributed by atoms with Gasteiger partial charge in [-0.3, -0.25) is 4.79 Å². The maximum absolute atomic E-state index is 12.0. The molecule has 1 unspecified atom stereocenters. The number of alkyl halides is 3. The Kier molecular flexibility index (Phi) is 5.78. The van der Waals surface area contributed by atoms with E-state index in [9.17, 15) is 18.0 Å². The second-order valence-corrected chi connectivity index (χ2v) is 3.82. The summed E-state index contributed by atoms with van der Waals surface area (Å²) in [6, 6.07) is 0. The zero-order valence-corrected chi connectivity index (χ0v) is 9.78. The molecule has 0 aliphatic rings. The van der Waals surface area contributed by atoms with E-state index in [-0.39, 0.29) is 12.8 Å². The lowest BCUT2D eigenvalue weighted by Gasteiger charge is -2.27. The summed E-state index contributed by atoms with van der Waals surface area (Å²) in [5, 5.41) is 2.85. The molecule has 0 bridgehead atoms. The number of nitrogens with one attached hydrogen (secondary N) is 1. The van der Waals surface area contributed by atoms with Gasteiger partial charge in [0.25, 0.3) is 0 Å². The number of hydrogen-bond acceptors (Lipinski definition) is 3. The lowest BCUT2D eigenvalue weighted by Crippen LogP contribution is -2.50. The number of carbonyl (C=O) groups excluding carboxylic acids is 1. The van der Waals surface area contributed by atoms with E-state index >= 15 is 0 Å². The number of ether oxygens (including phenoxy) is 1. The van der Waals surface area contributed by atoms with Crippen molar-refractivity contribution in [1.82, 2.24) is 5.32 Å². The average Bonchev–Trinajstić information content (AvgIpc) is 2.14. The van der Waals surface area contributed by atoms with Crippen LogP contribution < -0.4 is 5.32 Å². The molecule has 0 radical (unpaired) electrons. The van der Waals surface area contributed by atoms with Crippen molar-refractivity contribution in [1.29, 1.82) is 0 Å². The smallest absolute Gasteiger partial charge is 0.389 e. The molecule has 0 amide bonds. The quantitative estimate of drug-likeness (QED) is 0.725. The van der Waals surface area contributed by atoms with E-state index in [1.54, 1.807) is 13.8 Å².